The molecule has 1 fully saturated rings. The molecule has 0 aromatic heterocycles. The van der Waals surface area contributed by atoms with E-state index in [1.54, 1.807) is 0 Å². The Morgan fingerprint density at radius 2 is 1.68 bits per heavy atom. The van der Waals surface area contributed by atoms with Crippen LogP contribution in [-0.4, -0.2) is 36.5 Å². The Hall–Kier alpha value is -1.88. The summed E-state index contributed by atoms with van der Waals surface area (Å²) in [6.45, 7) is 2.30. The predicted octanol–water partition coefficient (Wildman–Crippen LogP) is 2.97. The molecule has 4 nitrogen and oxygen atoms in total. The molecule has 5 heteroatoms. The fourth-order valence-corrected chi connectivity index (χ4v) is 3.17. The minimum atomic E-state index is 0. The molecule has 2 N–H and O–H groups in total. The van der Waals surface area contributed by atoms with Gasteiger partial charge in [-0.15, -0.1) is 12.4 Å². The van der Waals surface area contributed by atoms with E-state index in [1.807, 2.05) is 53.4 Å². The standard InChI is InChI=1S/C20H24N2O2.ClH/c21-19-14-22(13-18(19)17-9-5-2-6-10-17)20(23)11-12-24-15-16-7-3-1-4-8-16;/h1-10,18-19H,11-15,21H2;1H/t18-,19+;/m0./s1. The molecule has 2 atom stereocenters. The van der Waals surface area contributed by atoms with Crippen LogP contribution in [-0.2, 0) is 16.1 Å². The summed E-state index contributed by atoms with van der Waals surface area (Å²) in [4.78, 5) is 14.2. The Morgan fingerprint density at radius 1 is 1.04 bits per heavy atom. The highest BCUT2D eigenvalue weighted by atomic mass is 35.5. The van der Waals surface area contributed by atoms with Gasteiger partial charge < -0.3 is 15.4 Å². The number of ether oxygens (including phenoxy) is 1. The number of carbonyl (C=O) groups is 1. The van der Waals surface area contributed by atoms with Crippen molar-refractivity contribution in [1.29, 1.82) is 0 Å². The molecule has 2 aromatic rings. The molecule has 134 valence electrons. The van der Waals surface area contributed by atoms with Crippen LogP contribution in [0.15, 0.2) is 60.7 Å². The molecule has 0 bridgehead atoms. The molecule has 1 aliphatic rings. The van der Waals surface area contributed by atoms with Gasteiger partial charge in [0.05, 0.1) is 19.6 Å². The maximum atomic E-state index is 12.4. The second kappa shape index (κ2) is 9.56. The first-order valence-electron chi connectivity index (χ1n) is 8.44. The van der Waals surface area contributed by atoms with Crippen molar-refractivity contribution in [2.24, 2.45) is 5.73 Å². The van der Waals surface area contributed by atoms with Crippen molar-refractivity contribution in [3.8, 4) is 0 Å². The summed E-state index contributed by atoms with van der Waals surface area (Å²) in [6, 6.07) is 20.2. The van der Waals surface area contributed by atoms with Crippen molar-refractivity contribution in [1.82, 2.24) is 4.90 Å². The van der Waals surface area contributed by atoms with Crippen molar-refractivity contribution in [3.63, 3.8) is 0 Å². The minimum Gasteiger partial charge on any atom is -0.376 e. The highest BCUT2D eigenvalue weighted by Crippen LogP contribution is 2.26. The Balaban J connectivity index is 0.00000225. The number of nitrogens with two attached hydrogens (primary N) is 1. The van der Waals surface area contributed by atoms with Crippen LogP contribution < -0.4 is 5.73 Å². The topological polar surface area (TPSA) is 55.6 Å². The predicted molar refractivity (Wildman–Crippen MR) is 102 cm³/mol. The summed E-state index contributed by atoms with van der Waals surface area (Å²) in [5, 5.41) is 0. The highest BCUT2D eigenvalue weighted by Gasteiger charge is 2.33. The maximum absolute atomic E-state index is 12.4. The van der Waals surface area contributed by atoms with Gasteiger partial charge in [0.1, 0.15) is 0 Å². The quantitative estimate of drug-likeness (QED) is 0.806. The van der Waals surface area contributed by atoms with Crippen LogP contribution in [0.2, 0.25) is 0 Å². The first-order valence-corrected chi connectivity index (χ1v) is 8.44. The lowest BCUT2D eigenvalue weighted by molar-refractivity contribution is -0.131. The number of amides is 1. The normalized spacial score (nSPS) is 19.5. The number of likely N-dealkylation sites (tertiary alicyclic amines) is 1. The number of carbonyl (C=O) groups excluding carboxylic acids is 1. The smallest absolute Gasteiger partial charge is 0.224 e. The van der Waals surface area contributed by atoms with Crippen LogP contribution >= 0.6 is 12.4 Å². The van der Waals surface area contributed by atoms with Gasteiger partial charge in [-0.1, -0.05) is 60.7 Å². The summed E-state index contributed by atoms with van der Waals surface area (Å²) >= 11 is 0. The molecule has 1 saturated heterocycles. The molecule has 1 heterocycles. The lowest BCUT2D eigenvalue weighted by Gasteiger charge is -2.16. The number of hydrogen-bond acceptors (Lipinski definition) is 3. The summed E-state index contributed by atoms with van der Waals surface area (Å²) in [7, 11) is 0. The molecule has 1 amide bonds. The van der Waals surface area contributed by atoms with E-state index in [2.05, 4.69) is 12.1 Å². The van der Waals surface area contributed by atoms with E-state index < -0.39 is 0 Å². The van der Waals surface area contributed by atoms with Gasteiger partial charge >= 0.3 is 0 Å². The van der Waals surface area contributed by atoms with Crippen LogP contribution in [0.4, 0.5) is 0 Å². The van der Waals surface area contributed by atoms with Crippen molar-refractivity contribution >= 4 is 18.3 Å². The molecule has 0 unspecified atom stereocenters. The van der Waals surface area contributed by atoms with Crippen LogP contribution in [0.1, 0.15) is 23.5 Å². The number of halogens is 1. The van der Waals surface area contributed by atoms with Crippen LogP contribution in [0.3, 0.4) is 0 Å². The average molecular weight is 361 g/mol. The molecule has 0 radical (unpaired) electrons. The van der Waals surface area contributed by atoms with E-state index >= 15 is 0 Å². The van der Waals surface area contributed by atoms with Gasteiger partial charge in [0.15, 0.2) is 0 Å². The third-order valence-corrected chi connectivity index (χ3v) is 4.52. The first-order chi connectivity index (χ1) is 11.7. The summed E-state index contributed by atoms with van der Waals surface area (Å²) in [5.74, 6) is 0.345. The van der Waals surface area contributed by atoms with Crippen LogP contribution in [0.5, 0.6) is 0 Å². The van der Waals surface area contributed by atoms with Crippen molar-refractivity contribution in [3.05, 3.63) is 71.8 Å². The number of nitrogens with zero attached hydrogens (tertiary/aromatic N) is 1. The maximum Gasteiger partial charge on any atom is 0.224 e. The molecule has 3 rings (SSSR count). The summed E-state index contributed by atoms with van der Waals surface area (Å²) in [5.41, 5.74) is 8.58. The third kappa shape index (κ3) is 5.30. The first kappa shape index (κ1) is 19.4. The summed E-state index contributed by atoms with van der Waals surface area (Å²) in [6.07, 6.45) is 0.404. The van der Waals surface area contributed by atoms with Gasteiger partial charge in [0.2, 0.25) is 5.91 Å². The van der Waals surface area contributed by atoms with E-state index in [1.165, 1.54) is 5.56 Å². The molecule has 0 spiro atoms. The molecule has 2 aromatic carbocycles. The van der Waals surface area contributed by atoms with Gasteiger partial charge in [0.25, 0.3) is 0 Å². The van der Waals surface area contributed by atoms with Crippen molar-refractivity contribution in [2.75, 3.05) is 19.7 Å². The third-order valence-electron chi connectivity index (χ3n) is 4.52. The Kier molecular flexibility index (Phi) is 7.44. The van der Waals surface area contributed by atoms with E-state index in [-0.39, 0.29) is 30.3 Å². The van der Waals surface area contributed by atoms with Gasteiger partial charge in [-0.25, -0.2) is 0 Å². The lowest BCUT2D eigenvalue weighted by Crippen LogP contribution is -2.32. The van der Waals surface area contributed by atoms with Gasteiger partial charge in [-0.2, -0.15) is 0 Å². The van der Waals surface area contributed by atoms with Gasteiger partial charge in [-0.05, 0) is 11.1 Å². The lowest BCUT2D eigenvalue weighted by atomic mass is 9.95. The fourth-order valence-electron chi connectivity index (χ4n) is 3.17. The minimum absolute atomic E-state index is 0. The van der Waals surface area contributed by atoms with E-state index in [0.717, 1.165) is 5.56 Å². The highest BCUT2D eigenvalue weighted by molar-refractivity contribution is 5.85. The van der Waals surface area contributed by atoms with Crippen LogP contribution in [0.25, 0.3) is 0 Å². The molecule has 1 aliphatic heterocycles. The van der Waals surface area contributed by atoms with Gasteiger partial charge in [0, 0.05) is 25.0 Å². The number of rotatable bonds is 6. The molecule has 0 aliphatic carbocycles. The number of hydrogen-bond donors (Lipinski definition) is 1. The second-order valence-corrected chi connectivity index (χ2v) is 6.27. The van der Waals surface area contributed by atoms with E-state index in [0.29, 0.717) is 32.7 Å². The largest absolute Gasteiger partial charge is 0.376 e. The number of benzene rings is 2. The zero-order valence-corrected chi connectivity index (χ0v) is 15.0. The molecular formula is C20H25ClN2O2. The zero-order valence-electron chi connectivity index (χ0n) is 14.2. The van der Waals surface area contributed by atoms with E-state index in [4.69, 9.17) is 10.5 Å². The zero-order chi connectivity index (χ0) is 16.8. The SMILES string of the molecule is Cl.N[C@@H]1CN(C(=O)CCOCc2ccccc2)C[C@H]1c1ccccc1. The monoisotopic (exact) mass is 360 g/mol. The fraction of sp³-hybridized carbons (Fsp3) is 0.350. The summed E-state index contributed by atoms with van der Waals surface area (Å²) < 4.78 is 5.61. The average Bonchev–Trinajstić information content (AvgIpc) is 3.02. The molecule has 0 saturated carbocycles. The Morgan fingerprint density at radius 3 is 2.36 bits per heavy atom. The Bertz CT molecular complexity index is 651. The van der Waals surface area contributed by atoms with Crippen molar-refractivity contribution < 1.29 is 9.53 Å². The second-order valence-electron chi connectivity index (χ2n) is 6.27. The Labute approximate surface area is 155 Å². The van der Waals surface area contributed by atoms with Gasteiger partial charge in [-0.3, -0.25) is 4.79 Å². The van der Waals surface area contributed by atoms with Crippen LogP contribution in [0, 0.1) is 0 Å². The van der Waals surface area contributed by atoms with Crippen molar-refractivity contribution in [2.45, 2.75) is 25.0 Å². The molecular weight excluding hydrogens is 336 g/mol. The molecule has 25 heavy (non-hydrogen) atoms. The van der Waals surface area contributed by atoms with E-state index in [9.17, 15) is 4.79 Å².